The van der Waals surface area contributed by atoms with E-state index in [4.69, 9.17) is 23.7 Å². The second-order valence-electron chi connectivity index (χ2n) is 13.7. The Bertz CT molecular complexity index is 2090. The molecule has 1 aliphatic rings. The summed E-state index contributed by atoms with van der Waals surface area (Å²) in [6.07, 6.45) is 4.59. The average molecular weight is 764 g/mol. The van der Waals surface area contributed by atoms with Crippen molar-refractivity contribution in [2.75, 3.05) is 45.0 Å². The maximum atomic E-state index is 14.4. The number of unbranched alkanes of at least 4 members (excludes halogenated alkanes) is 1. The number of amides is 1. The first kappa shape index (κ1) is 40.7. The number of hydrogen-bond donors (Lipinski definition) is 0. The van der Waals surface area contributed by atoms with E-state index in [9.17, 15) is 18.0 Å². The minimum atomic E-state index is -4.21. The number of carbonyl (C=O) groups excluding carboxylic acids is 1. The van der Waals surface area contributed by atoms with Crippen molar-refractivity contribution >= 4 is 21.7 Å². The Morgan fingerprint density at radius 3 is 2.44 bits per heavy atom. The van der Waals surface area contributed by atoms with Gasteiger partial charge < -0.3 is 23.6 Å². The van der Waals surface area contributed by atoms with Crippen LogP contribution in [0.4, 0.5) is 5.82 Å². The molecule has 54 heavy (non-hydrogen) atoms. The molecular weight excluding hydrogens is 711 g/mol. The minimum Gasteiger partial charge on any atom is -0.493 e. The highest BCUT2D eigenvalue weighted by Crippen LogP contribution is 2.38. The summed E-state index contributed by atoms with van der Waals surface area (Å²) in [6.45, 7) is 10.9. The maximum absolute atomic E-state index is 14.4. The fourth-order valence-corrected chi connectivity index (χ4v) is 8.22. The first-order chi connectivity index (χ1) is 25.9. The smallest absolute Gasteiger partial charge is 0.268 e. The third kappa shape index (κ3) is 8.88. The quantitative estimate of drug-likeness (QED) is 0.118. The van der Waals surface area contributed by atoms with Gasteiger partial charge in [0, 0.05) is 67.8 Å². The Hall–Kier alpha value is -4.53. The van der Waals surface area contributed by atoms with E-state index < -0.39 is 10.0 Å². The molecule has 1 aliphatic heterocycles. The van der Waals surface area contributed by atoms with E-state index in [0.29, 0.717) is 71.5 Å². The molecule has 0 spiro atoms. The van der Waals surface area contributed by atoms with Crippen LogP contribution < -0.4 is 14.6 Å². The molecule has 5 rings (SSSR count). The molecule has 0 bridgehead atoms. The van der Waals surface area contributed by atoms with E-state index >= 15 is 0 Å². The molecule has 0 N–H and O–H groups in total. The van der Waals surface area contributed by atoms with Gasteiger partial charge >= 0.3 is 0 Å². The van der Waals surface area contributed by atoms with E-state index in [1.54, 1.807) is 61.6 Å². The molecule has 1 saturated heterocycles. The molecule has 292 valence electrons. The first-order valence-corrected chi connectivity index (χ1v) is 20.1. The summed E-state index contributed by atoms with van der Waals surface area (Å²) in [5.41, 5.74) is 3.06. The van der Waals surface area contributed by atoms with Gasteiger partial charge in [-0.05, 0) is 64.2 Å². The topological polar surface area (TPSA) is 146 Å². The molecule has 4 aromatic rings. The minimum absolute atomic E-state index is 0.0389. The van der Waals surface area contributed by atoms with Crippen molar-refractivity contribution in [1.82, 2.24) is 19.6 Å². The molecule has 0 atom stereocenters. The van der Waals surface area contributed by atoms with Gasteiger partial charge in [-0.2, -0.15) is 0 Å². The molecule has 2 aromatic carbocycles. The Kier molecular flexibility index (Phi) is 13.7. The second-order valence-corrected chi connectivity index (χ2v) is 15.6. The van der Waals surface area contributed by atoms with Crippen molar-refractivity contribution in [1.29, 1.82) is 0 Å². The van der Waals surface area contributed by atoms with Gasteiger partial charge in [-0.15, -0.1) is 0 Å². The lowest BCUT2D eigenvalue weighted by atomic mass is 10.0. The number of anilines is 1. The lowest BCUT2D eigenvalue weighted by Crippen LogP contribution is -2.42. The number of rotatable bonds is 17. The number of nitrogens with zero attached hydrogens (tertiary/aromatic N) is 5. The number of likely N-dealkylation sites (N-methyl/N-ethyl adjacent to an activating group) is 1. The molecule has 0 aliphatic carbocycles. The molecule has 0 radical (unpaired) electrons. The van der Waals surface area contributed by atoms with Crippen LogP contribution in [0.2, 0.25) is 0 Å². The number of methoxy groups -OCH3 is 1. The highest BCUT2D eigenvalue weighted by Gasteiger charge is 2.32. The summed E-state index contributed by atoms with van der Waals surface area (Å²) in [5.74, 6) is 1.65. The van der Waals surface area contributed by atoms with Crippen molar-refractivity contribution in [2.24, 2.45) is 0 Å². The monoisotopic (exact) mass is 763 g/mol. The van der Waals surface area contributed by atoms with Gasteiger partial charge in [0.15, 0.2) is 5.82 Å². The van der Waals surface area contributed by atoms with E-state index in [2.05, 4.69) is 12.1 Å². The van der Waals surface area contributed by atoms with Gasteiger partial charge in [0.1, 0.15) is 24.1 Å². The molecule has 14 heteroatoms. The molecule has 13 nitrogen and oxygen atoms in total. The molecule has 3 heterocycles. The van der Waals surface area contributed by atoms with E-state index in [1.807, 2.05) is 25.1 Å². The van der Waals surface area contributed by atoms with Crippen LogP contribution in [-0.2, 0) is 43.7 Å². The molecule has 0 saturated carbocycles. The normalized spacial score (nSPS) is 13.6. The van der Waals surface area contributed by atoms with Crippen molar-refractivity contribution in [3.8, 4) is 16.9 Å². The van der Waals surface area contributed by atoms with Crippen LogP contribution in [0.3, 0.4) is 0 Å². The highest BCUT2D eigenvalue weighted by atomic mass is 32.2. The van der Waals surface area contributed by atoms with E-state index in [0.717, 1.165) is 42.0 Å². The predicted molar refractivity (Wildman–Crippen MR) is 206 cm³/mol. The van der Waals surface area contributed by atoms with Crippen LogP contribution in [0.5, 0.6) is 5.75 Å². The van der Waals surface area contributed by atoms with Gasteiger partial charge in [-0.1, -0.05) is 55.8 Å². The average Bonchev–Trinajstić information content (AvgIpc) is 3.51. The third-order valence-electron chi connectivity index (χ3n) is 9.97. The van der Waals surface area contributed by atoms with Gasteiger partial charge in [-0.3, -0.25) is 14.2 Å². The van der Waals surface area contributed by atoms with Crippen LogP contribution >= 0.6 is 0 Å². The van der Waals surface area contributed by atoms with Gasteiger partial charge in [-0.25, -0.2) is 17.7 Å². The Morgan fingerprint density at radius 2 is 1.78 bits per heavy atom. The zero-order valence-corrected chi connectivity index (χ0v) is 33.3. The zero-order chi connectivity index (χ0) is 39.0. The summed E-state index contributed by atoms with van der Waals surface area (Å²) in [6, 6.07) is 12.4. The molecule has 2 aromatic heterocycles. The van der Waals surface area contributed by atoms with Crippen molar-refractivity contribution < 1.29 is 31.9 Å². The number of benzene rings is 2. The fourth-order valence-electron chi connectivity index (χ4n) is 6.64. The lowest BCUT2D eigenvalue weighted by molar-refractivity contribution is -0.132. The number of aryl methyl sites for hydroxylation is 3. The van der Waals surface area contributed by atoms with Crippen LogP contribution in [-0.4, -0.2) is 80.7 Å². The fraction of sp³-hybridized carbons (Fsp3) is 0.500. The van der Waals surface area contributed by atoms with Crippen molar-refractivity contribution in [2.45, 2.75) is 97.0 Å². The predicted octanol–water partition coefficient (Wildman–Crippen LogP) is 5.98. The molecular formula is C40H53N5O8S. The molecule has 1 amide bonds. The second kappa shape index (κ2) is 18.2. The van der Waals surface area contributed by atoms with E-state index in [-0.39, 0.29) is 47.9 Å². The largest absolute Gasteiger partial charge is 0.493 e. The Balaban J connectivity index is 1.55. The van der Waals surface area contributed by atoms with Crippen molar-refractivity contribution in [3.05, 3.63) is 86.8 Å². The van der Waals surface area contributed by atoms with Gasteiger partial charge in [0.25, 0.3) is 15.6 Å². The standard InChI is InChI=1S/C40H53N5O8S/c1-8-10-15-37-41-28(4)34(24-38(46)43(6)31-18-21-51-22-19-31)40(47)44(37)25-30-16-17-32(35(23-30)52-20-9-2)33-13-11-12-14-36(33)54(48,49)45(26-50-7)39-27(3)29(5)53-42-39/h11-14,16-17,23,31H,8-10,15,18-22,24-26H2,1-7H3. The van der Waals surface area contributed by atoms with Gasteiger partial charge in [0.2, 0.25) is 5.91 Å². The summed E-state index contributed by atoms with van der Waals surface area (Å²) < 4.78 is 53.9. The van der Waals surface area contributed by atoms with E-state index in [1.165, 1.54) is 7.11 Å². The Morgan fingerprint density at radius 1 is 1.04 bits per heavy atom. The number of carbonyl (C=O) groups is 1. The van der Waals surface area contributed by atoms with Crippen LogP contribution in [0, 0.1) is 20.8 Å². The highest BCUT2D eigenvalue weighted by molar-refractivity contribution is 7.93. The maximum Gasteiger partial charge on any atom is 0.268 e. The summed E-state index contributed by atoms with van der Waals surface area (Å²) in [5, 5.41) is 4.04. The first-order valence-electron chi connectivity index (χ1n) is 18.6. The van der Waals surface area contributed by atoms with Crippen LogP contribution in [0.25, 0.3) is 11.1 Å². The summed E-state index contributed by atoms with van der Waals surface area (Å²) in [7, 11) is -1.00. The number of ether oxygens (including phenoxy) is 3. The van der Waals surface area contributed by atoms with Crippen molar-refractivity contribution in [3.63, 3.8) is 0 Å². The summed E-state index contributed by atoms with van der Waals surface area (Å²) in [4.78, 5) is 34.4. The SMILES string of the molecule is CCCCc1nc(C)c(CC(=O)N(C)C2CCOCC2)c(=O)n1Cc1ccc(-c2ccccc2S(=O)(=O)N(COC)c2noc(C)c2C)c(OCCC)c1. The molecule has 0 unspecified atom stereocenters. The van der Waals surface area contributed by atoms with Gasteiger partial charge in [0.05, 0.1) is 24.5 Å². The number of aromatic nitrogens is 3. The number of hydrogen-bond acceptors (Lipinski definition) is 10. The van der Waals surface area contributed by atoms with Crippen LogP contribution in [0.15, 0.2) is 56.7 Å². The Labute approximate surface area is 318 Å². The lowest BCUT2D eigenvalue weighted by Gasteiger charge is -2.31. The number of sulfonamides is 1. The zero-order valence-electron chi connectivity index (χ0n) is 32.5. The summed E-state index contributed by atoms with van der Waals surface area (Å²) >= 11 is 0. The van der Waals surface area contributed by atoms with Crippen LogP contribution in [0.1, 0.15) is 79.9 Å². The molecule has 1 fully saturated rings. The third-order valence-corrected chi connectivity index (χ3v) is 11.7.